The largest absolute Gasteiger partial charge is 0.497 e. The van der Waals surface area contributed by atoms with Gasteiger partial charge in [0.1, 0.15) is 11.5 Å². The molecule has 1 atom stereocenters. The van der Waals surface area contributed by atoms with Gasteiger partial charge in [-0.15, -0.1) is 11.3 Å². The quantitative estimate of drug-likeness (QED) is 0.629. The van der Waals surface area contributed by atoms with E-state index in [9.17, 15) is 4.79 Å². The number of rotatable bonds is 5. The zero-order valence-electron chi connectivity index (χ0n) is 15.7. The molecule has 28 heavy (non-hydrogen) atoms. The van der Waals surface area contributed by atoms with Crippen LogP contribution in [0.4, 0.5) is 0 Å². The summed E-state index contributed by atoms with van der Waals surface area (Å²) in [5.74, 6) is 1.11. The molecule has 0 saturated heterocycles. The third kappa shape index (κ3) is 3.39. The van der Waals surface area contributed by atoms with Crippen molar-refractivity contribution in [2.24, 2.45) is 5.10 Å². The average molecular weight is 392 g/mol. The van der Waals surface area contributed by atoms with E-state index in [1.807, 2.05) is 53.9 Å². The van der Waals surface area contributed by atoms with Crippen molar-refractivity contribution in [3.63, 3.8) is 0 Å². The number of para-hydroxylation sites is 1. The van der Waals surface area contributed by atoms with Crippen molar-refractivity contribution in [3.05, 3.63) is 82.0 Å². The highest BCUT2D eigenvalue weighted by molar-refractivity contribution is 7.12. The summed E-state index contributed by atoms with van der Waals surface area (Å²) in [5, 5.41) is 8.30. The van der Waals surface area contributed by atoms with Crippen LogP contribution in [0.5, 0.6) is 11.5 Å². The zero-order chi connectivity index (χ0) is 19.5. The second-order valence-corrected chi connectivity index (χ2v) is 7.32. The molecule has 1 amide bonds. The Morgan fingerprint density at radius 3 is 2.68 bits per heavy atom. The molecular formula is C22H20N2O3S. The zero-order valence-corrected chi connectivity index (χ0v) is 16.5. The number of nitrogens with zero attached hydrogens (tertiary/aromatic N) is 2. The molecule has 0 spiro atoms. The minimum absolute atomic E-state index is 0.183. The van der Waals surface area contributed by atoms with Crippen LogP contribution in [0.25, 0.3) is 0 Å². The monoisotopic (exact) mass is 392 g/mol. The van der Waals surface area contributed by atoms with Crippen LogP contribution in [0.3, 0.4) is 0 Å². The van der Waals surface area contributed by atoms with Gasteiger partial charge in [-0.1, -0.05) is 30.3 Å². The number of carbonyl (C=O) groups is 1. The molecule has 0 saturated carbocycles. The van der Waals surface area contributed by atoms with E-state index in [-0.39, 0.29) is 11.9 Å². The van der Waals surface area contributed by atoms with Crippen molar-refractivity contribution in [2.45, 2.75) is 12.5 Å². The first-order valence-corrected chi connectivity index (χ1v) is 9.81. The predicted molar refractivity (Wildman–Crippen MR) is 110 cm³/mol. The van der Waals surface area contributed by atoms with Gasteiger partial charge in [0.2, 0.25) is 0 Å². The fraction of sp³-hybridized carbons (Fsp3) is 0.182. The molecule has 4 rings (SSSR count). The third-order valence-electron chi connectivity index (χ3n) is 4.74. The fourth-order valence-corrected chi connectivity index (χ4v) is 4.06. The summed E-state index contributed by atoms with van der Waals surface area (Å²) in [6.45, 7) is 0. The number of carbonyl (C=O) groups excluding carboxylic acids is 1. The summed E-state index contributed by atoms with van der Waals surface area (Å²) in [4.78, 5) is 14.5. The van der Waals surface area contributed by atoms with E-state index in [0.717, 1.165) is 21.9 Å². The van der Waals surface area contributed by atoms with Gasteiger partial charge in [-0.05, 0) is 41.3 Å². The van der Waals surface area contributed by atoms with Gasteiger partial charge in [0.15, 0.2) is 0 Å². The first-order valence-electron chi connectivity index (χ1n) is 8.93. The van der Waals surface area contributed by atoms with E-state index in [2.05, 4.69) is 0 Å². The second-order valence-electron chi connectivity index (χ2n) is 6.37. The van der Waals surface area contributed by atoms with Crippen LogP contribution in [0.1, 0.15) is 33.3 Å². The molecule has 2 aromatic carbocycles. The molecule has 1 unspecified atom stereocenters. The lowest BCUT2D eigenvalue weighted by atomic mass is 10.0. The van der Waals surface area contributed by atoms with Gasteiger partial charge in [0, 0.05) is 6.42 Å². The van der Waals surface area contributed by atoms with Crippen LogP contribution < -0.4 is 9.47 Å². The number of hydrazone groups is 1. The maximum absolute atomic E-state index is 13.4. The summed E-state index contributed by atoms with van der Waals surface area (Å²) in [6, 6.07) is 18.8. The van der Waals surface area contributed by atoms with Gasteiger partial charge in [-0.3, -0.25) is 4.79 Å². The summed E-state index contributed by atoms with van der Waals surface area (Å²) < 4.78 is 10.8. The molecule has 2 heterocycles. The van der Waals surface area contributed by atoms with Crippen molar-refractivity contribution < 1.29 is 14.3 Å². The minimum atomic E-state index is -0.204. The number of amides is 1. The SMILES string of the molecule is COc1cccc(C2CC(c3cccs3)=NN2C(=O)c2ccccc2OC)c1. The summed E-state index contributed by atoms with van der Waals surface area (Å²) in [6.07, 6.45) is 0.647. The van der Waals surface area contributed by atoms with Gasteiger partial charge in [-0.25, -0.2) is 5.01 Å². The van der Waals surface area contributed by atoms with Crippen LogP contribution in [-0.4, -0.2) is 30.8 Å². The van der Waals surface area contributed by atoms with Gasteiger partial charge < -0.3 is 9.47 Å². The molecule has 142 valence electrons. The topological polar surface area (TPSA) is 51.1 Å². The Morgan fingerprint density at radius 2 is 1.93 bits per heavy atom. The molecule has 1 aliphatic rings. The van der Waals surface area contributed by atoms with Crippen LogP contribution in [0.2, 0.25) is 0 Å². The molecule has 1 aliphatic heterocycles. The lowest BCUT2D eigenvalue weighted by molar-refractivity contribution is 0.0707. The van der Waals surface area contributed by atoms with Gasteiger partial charge in [0.05, 0.1) is 36.4 Å². The first-order chi connectivity index (χ1) is 13.7. The first kappa shape index (κ1) is 18.3. The Labute approximate surface area is 167 Å². The molecule has 3 aromatic rings. The Kier molecular flexibility index (Phi) is 5.12. The maximum Gasteiger partial charge on any atom is 0.278 e. The Morgan fingerprint density at radius 1 is 1.07 bits per heavy atom. The Balaban J connectivity index is 1.75. The van der Waals surface area contributed by atoms with Crippen LogP contribution >= 0.6 is 11.3 Å². The number of ether oxygens (including phenoxy) is 2. The lowest BCUT2D eigenvalue weighted by Gasteiger charge is -2.23. The molecule has 1 aromatic heterocycles. The summed E-state index contributed by atoms with van der Waals surface area (Å²) in [5.41, 5.74) is 2.39. The highest BCUT2D eigenvalue weighted by Gasteiger charge is 2.35. The molecule has 0 fully saturated rings. The summed E-state index contributed by atoms with van der Waals surface area (Å²) >= 11 is 1.62. The molecular weight excluding hydrogens is 372 g/mol. The van der Waals surface area contributed by atoms with E-state index in [1.54, 1.807) is 42.7 Å². The third-order valence-corrected chi connectivity index (χ3v) is 5.66. The van der Waals surface area contributed by atoms with Crippen molar-refractivity contribution in [1.82, 2.24) is 5.01 Å². The normalized spacial score (nSPS) is 16.0. The van der Waals surface area contributed by atoms with Gasteiger partial charge in [0.25, 0.3) is 5.91 Å². The molecule has 0 N–H and O–H groups in total. The number of thiophene rings is 1. The molecule has 0 radical (unpaired) electrons. The van der Waals surface area contributed by atoms with Crippen molar-refractivity contribution in [3.8, 4) is 11.5 Å². The molecule has 0 aliphatic carbocycles. The van der Waals surface area contributed by atoms with Gasteiger partial charge >= 0.3 is 0 Å². The second kappa shape index (κ2) is 7.86. The summed E-state index contributed by atoms with van der Waals surface area (Å²) in [7, 11) is 3.20. The van der Waals surface area contributed by atoms with Crippen LogP contribution in [0.15, 0.2) is 71.1 Å². The molecule has 5 nitrogen and oxygen atoms in total. The van der Waals surface area contributed by atoms with E-state index in [4.69, 9.17) is 14.6 Å². The molecule has 0 bridgehead atoms. The van der Waals surface area contributed by atoms with Crippen LogP contribution in [-0.2, 0) is 0 Å². The fourth-order valence-electron chi connectivity index (χ4n) is 3.34. The average Bonchev–Trinajstić information content (AvgIpc) is 3.43. The standard InChI is InChI=1S/C22H20N2O3S/c1-26-16-8-5-7-15(13-16)19-14-18(21-11-6-12-28-21)23-24(19)22(25)17-9-3-4-10-20(17)27-2/h3-13,19H,14H2,1-2H3. The van der Waals surface area contributed by atoms with E-state index in [0.29, 0.717) is 17.7 Å². The number of benzene rings is 2. The highest BCUT2D eigenvalue weighted by atomic mass is 32.1. The number of hydrogen-bond acceptors (Lipinski definition) is 5. The van der Waals surface area contributed by atoms with E-state index < -0.39 is 0 Å². The van der Waals surface area contributed by atoms with Crippen molar-refractivity contribution in [2.75, 3.05) is 14.2 Å². The van der Waals surface area contributed by atoms with Crippen molar-refractivity contribution >= 4 is 23.0 Å². The lowest BCUT2D eigenvalue weighted by Crippen LogP contribution is -2.27. The minimum Gasteiger partial charge on any atom is -0.497 e. The van der Waals surface area contributed by atoms with Crippen LogP contribution in [0, 0.1) is 0 Å². The molecule has 6 heteroatoms. The number of methoxy groups -OCH3 is 2. The predicted octanol–water partition coefficient (Wildman–Crippen LogP) is 4.76. The van der Waals surface area contributed by atoms with E-state index >= 15 is 0 Å². The van der Waals surface area contributed by atoms with Gasteiger partial charge in [-0.2, -0.15) is 5.10 Å². The van der Waals surface area contributed by atoms with Crippen molar-refractivity contribution in [1.29, 1.82) is 0 Å². The Hall–Kier alpha value is -3.12. The highest BCUT2D eigenvalue weighted by Crippen LogP contribution is 2.37. The smallest absolute Gasteiger partial charge is 0.278 e. The van der Waals surface area contributed by atoms with E-state index in [1.165, 1.54) is 0 Å². The number of hydrogen-bond donors (Lipinski definition) is 0. The maximum atomic E-state index is 13.4. The Bertz CT molecular complexity index is 1010.